The first-order chi connectivity index (χ1) is 21.9. The number of anilines is 1. The van der Waals surface area contributed by atoms with Gasteiger partial charge in [0.25, 0.3) is 0 Å². The van der Waals surface area contributed by atoms with Gasteiger partial charge in [-0.1, -0.05) is 43.5 Å². The molecule has 0 unspecified atom stereocenters. The van der Waals surface area contributed by atoms with E-state index in [1.54, 1.807) is 29.6 Å². The van der Waals surface area contributed by atoms with Gasteiger partial charge in [-0.15, -0.1) is 0 Å². The molecule has 2 aliphatic rings. The lowest BCUT2D eigenvalue weighted by Crippen LogP contribution is -2.63. The Morgan fingerprint density at radius 3 is 2.38 bits per heavy atom. The van der Waals surface area contributed by atoms with Crippen LogP contribution in [-0.4, -0.2) is 75.5 Å². The van der Waals surface area contributed by atoms with E-state index in [4.69, 9.17) is 5.26 Å². The number of urea groups is 1. The molecule has 0 spiro atoms. The van der Waals surface area contributed by atoms with E-state index in [1.165, 1.54) is 13.3 Å². The van der Waals surface area contributed by atoms with Gasteiger partial charge in [0.1, 0.15) is 6.04 Å². The summed E-state index contributed by atoms with van der Waals surface area (Å²) in [7, 11) is 0. The van der Waals surface area contributed by atoms with Gasteiger partial charge in [0.2, 0.25) is 11.8 Å². The Hall–Kier alpha value is -4.69. The molecule has 2 heterocycles. The zero-order chi connectivity index (χ0) is 31.6. The predicted octanol–water partition coefficient (Wildman–Crippen LogP) is 3.65. The number of benzene rings is 2. The zero-order valence-corrected chi connectivity index (χ0v) is 25.9. The highest BCUT2D eigenvalue weighted by Gasteiger charge is 2.36. The molecule has 0 bridgehead atoms. The molecule has 1 aliphatic carbocycles. The molecule has 1 saturated carbocycles. The van der Waals surface area contributed by atoms with E-state index >= 15 is 0 Å². The second kappa shape index (κ2) is 15.3. The molecule has 1 aliphatic heterocycles. The lowest BCUT2D eigenvalue weighted by molar-refractivity contribution is -0.127. The van der Waals surface area contributed by atoms with Gasteiger partial charge in [-0.2, -0.15) is 5.26 Å². The number of carbonyl (C=O) groups excluding carboxylic acids is 3. The highest BCUT2D eigenvalue weighted by atomic mass is 16.2. The Labute approximate surface area is 264 Å². The van der Waals surface area contributed by atoms with Crippen molar-refractivity contribution in [1.29, 1.82) is 5.26 Å². The molecule has 11 nitrogen and oxygen atoms in total. The molecular weight excluding hydrogens is 568 g/mol. The predicted molar refractivity (Wildman–Crippen MR) is 171 cm³/mol. The van der Waals surface area contributed by atoms with Crippen molar-refractivity contribution >= 4 is 23.5 Å². The van der Waals surface area contributed by atoms with E-state index in [0.29, 0.717) is 51.3 Å². The van der Waals surface area contributed by atoms with E-state index in [0.717, 1.165) is 48.2 Å². The number of imidazole rings is 1. The summed E-state index contributed by atoms with van der Waals surface area (Å²) in [4.78, 5) is 46.7. The second-order valence-corrected chi connectivity index (χ2v) is 12.0. The van der Waals surface area contributed by atoms with E-state index in [2.05, 4.69) is 31.9 Å². The zero-order valence-electron chi connectivity index (χ0n) is 25.9. The van der Waals surface area contributed by atoms with Crippen LogP contribution in [0.5, 0.6) is 0 Å². The molecule has 3 aromatic rings. The highest BCUT2D eigenvalue weighted by Crippen LogP contribution is 2.20. The molecule has 1 aromatic heterocycles. The fraction of sp³-hybridized carbons (Fsp3) is 0.441. The van der Waals surface area contributed by atoms with Crippen molar-refractivity contribution in [2.24, 2.45) is 0 Å². The molecule has 5 rings (SSSR count). The summed E-state index contributed by atoms with van der Waals surface area (Å²) in [6.07, 6.45) is 9.56. The van der Waals surface area contributed by atoms with Crippen LogP contribution in [-0.2, 0) is 29.1 Å². The average Bonchev–Trinajstić information content (AvgIpc) is 3.49. The molecule has 236 valence electrons. The average molecular weight is 611 g/mol. The van der Waals surface area contributed by atoms with Gasteiger partial charge >= 0.3 is 6.03 Å². The first kappa shape index (κ1) is 31.7. The quantitative estimate of drug-likeness (QED) is 0.321. The lowest BCUT2D eigenvalue weighted by atomic mass is 9.95. The van der Waals surface area contributed by atoms with E-state index in [-0.39, 0.29) is 23.9 Å². The van der Waals surface area contributed by atoms with Crippen molar-refractivity contribution < 1.29 is 14.4 Å². The largest absolute Gasteiger partial charge is 0.354 e. The van der Waals surface area contributed by atoms with E-state index in [9.17, 15) is 14.4 Å². The maximum atomic E-state index is 13.7. The number of nitriles is 1. The summed E-state index contributed by atoms with van der Waals surface area (Å²) in [5.41, 5.74) is 4.48. The van der Waals surface area contributed by atoms with Crippen LogP contribution in [0.1, 0.15) is 61.4 Å². The fourth-order valence-electron chi connectivity index (χ4n) is 6.12. The number of rotatable bonds is 10. The van der Waals surface area contributed by atoms with Crippen LogP contribution >= 0.6 is 0 Å². The van der Waals surface area contributed by atoms with Gasteiger partial charge in [-0.05, 0) is 48.2 Å². The first-order valence-electron chi connectivity index (χ1n) is 15.8. The minimum atomic E-state index is -0.621. The van der Waals surface area contributed by atoms with Crippen molar-refractivity contribution in [1.82, 2.24) is 30.0 Å². The summed E-state index contributed by atoms with van der Waals surface area (Å²) in [6.45, 7) is 4.69. The molecule has 2 aromatic carbocycles. The van der Waals surface area contributed by atoms with Gasteiger partial charge in [-0.3, -0.25) is 14.5 Å². The van der Waals surface area contributed by atoms with Crippen LogP contribution in [0.2, 0.25) is 0 Å². The smallest absolute Gasteiger partial charge is 0.318 e. The standard InChI is InChI=1S/C34H42N8O3/c1-25(43)38-30-13-11-27(12-14-30)21-40-17-18-42(34(45)39-29-5-3-2-4-6-29)32(23-40)33(44)37-16-15-31-20-36-24-41(31)22-28-9-7-26(19-35)8-10-28/h7-14,20,24,29,32H,2-6,15-18,21-23H2,1H3,(H,37,44)(H,38,43)(H,39,45)/t32-/m1/s1. The molecule has 3 N–H and O–H groups in total. The lowest BCUT2D eigenvalue weighted by Gasteiger charge is -2.41. The van der Waals surface area contributed by atoms with Crippen LogP contribution in [0.15, 0.2) is 61.1 Å². The third kappa shape index (κ3) is 8.92. The molecule has 1 atom stereocenters. The van der Waals surface area contributed by atoms with Crippen molar-refractivity contribution in [3.05, 3.63) is 83.4 Å². The molecule has 0 radical (unpaired) electrons. The number of nitrogens with one attached hydrogen (secondary N) is 3. The summed E-state index contributed by atoms with van der Waals surface area (Å²) < 4.78 is 2.04. The van der Waals surface area contributed by atoms with Crippen LogP contribution in [0, 0.1) is 11.3 Å². The first-order valence-corrected chi connectivity index (χ1v) is 15.8. The SMILES string of the molecule is CC(=O)Nc1ccc(CN2CCN(C(=O)NC3CCCCC3)[C@@H](C(=O)NCCc3cncn3Cc3ccc(C#N)cc3)C2)cc1. The summed E-state index contributed by atoms with van der Waals surface area (Å²) >= 11 is 0. The van der Waals surface area contributed by atoms with E-state index < -0.39 is 6.04 Å². The number of amides is 4. The van der Waals surface area contributed by atoms with Crippen LogP contribution in [0.3, 0.4) is 0 Å². The minimum Gasteiger partial charge on any atom is -0.354 e. The number of hydrogen-bond donors (Lipinski definition) is 3. The van der Waals surface area contributed by atoms with Crippen molar-refractivity contribution in [3.63, 3.8) is 0 Å². The van der Waals surface area contributed by atoms with Gasteiger partial charge < -0.3 is 25.4 Å². The van der Waals surface area contributed by atoms with Crippen LogP contribution in [0.4, 0.5) is 10.5 Å². The van der Waals surface area contributed by atoms with Crippen molar-refractivity contribution in [2.45, 2.75) is 70.6 Å². The highest BCUT2D eigenvalue weighted by molar-refractivity contribution is 5.88. The molecule has 2 fully saturated rings. The number of aromatic nitrogens is 2. The minimum absolute atomic E-state index is 0.116. The number of carbonyl (C=O) groups is 3. The Morgan fingerprint density at radius 2 is 1.67 bits per heavy atom. The maximum absolute atomic E-state index is 13.7. The normalized spacial score (nSPS) is 17.3. The second-order valence-electron chi connectivity index (χ2n) is 12.0. The number of hydrogen-bond acceptors (Lipinski definition) is 6. The third-order valence-corrected chi connectivity index (χ3v) is 8.56. The third-order valence-electron chi connectivity index (χ3n) is 8.56. The molecule has 11 heteroatoms. The summed E-state index contributed by atoms with van der Waals surface area (Å²) in [6, 6.07) is 16.7. The molecule has 1 saturated heterocycles. The molecule has 4 amide bonds. The summed E-state index contributed by atoms with van der Waals surface area (Å²) in [5, 5.41) is 18.1. The fourth-order valence-corrected chi connectivity index (χ4v) is 6.12. The summed E-state index contributed by atoms with van der Waals surface area (Å²) in [5.74, 6) is -0.285. The van der Waals surface area contributed by atoms with Gasteiger partial charge in [-0.25, -0.2) is 9.78 Å². The monoisotopic (exact) mass is 610 g/mol. The Morgan fingerprint density at radius 1 is 0.956 bits per heavy atom. The topological polar surface area (TPSA) is 135 Å². The molecular formula is C34H42N8O3. The van der Waals surface area contributed by atoms with Crippen LogP contribution in [0.25, 0.3) is 0 Å². The maximum Gasteiger partial charge on any atom is 0.318 e. The van der Waals surface area contributed by atoms with Crippen molar-refractivity contribution in [3.8, 4) is 6.07 Å². The van der Waals surface area contributed by atoms with Crippen molar-refractivity contribution in [2.75, 3.05) is 31.5 Å². The van der Waals surface area contributed by atoms with Gasteiger partial charge in [0.05, 0.1) is 18.0 Å². The van der Waals surface area contributed by atoms with Gasteiger partial charge in [0, 0.05) is 76.2 Å². The Kier molecular flexibility index (Phi) is 10.8. The Bertz CT molecular complexity index is 1490. The number of nitrogens with zero attached hydrogens (tertiary/aromatic N) is 5. The van der Waals surface area contributed by atoms with E-state index in [1.807, 2.05) is 41.0 Å². The number of piperazine rings is 1. The Balaban J connectivity index is 1.21. The molecule has 45 heavy (non-hydrogen) atoms. The van der Waals surface area contributed by atoms with Gasteiger partial charge in [0.15, 0.2) is 0 Å². The van der Waals surface area contributed by atoms with Crippen LogP contribution < -0.4 is 16.0 Å².